The van der Waals surface area contributed by atoms with Crippen molar-refractivity contribution in [3.8, 4) is 17.0 Å². The summed E-state index contributed by atoms with van der Waals surface area (Å²) in [6.45, 7) is 7.91. The number of aromatic amines is 1. The number of H-pyrrole nitrogens is 1. The summed E-state index contributed by atoms with van der Waals surface area (Å²) in [5, 5.41) is 3.39. The number of ether oxygens (including phenoxy) is 1. The summed E-state index contributed by atoms with van der Waals surface area (Å²) in [6, 6.07) is 8.58. The molecule has 2 rings (SSSR count). The predicted molar refractivity (Wildman–Crippen MR) is 82.0 cm³/mol. The monoisotopic (exact) mass is 273 g/mol. The average molecular weight is 273 g/mol. The highest BCUT2D eigenvalue weighted by Gasteiger charge is 2.04. The first-order valence-electron chi connectivity index (χ1n) is 7.19. The van der Waals surface area contributed by atoms with Crippen LogP contribution in [-0.4, -0.2) is 29.2 Å². The van der Waals surface area contributed by atoms with Crippen molar-refractivity contribution < 1.29 is 4.74 Å². The topological polar surface area (TPSA) is 49.9 Å². The molecule has 0 aliphatic heterocycles. The van der Waals surface area contributed by atoms with Crippen molar-refractivity contribution in [2.24, 2.45) is 0 Å². The quantitative estimate of drug-likeness (QED) is 0.815. The van der Waals surface area contributed by atoms with Gasteiger partial charge < -0.3 is 15.0 Å². The molecule has 0 fully saturated rings. The normalized spacial score (nSPS) is 11.0. The van der Waals surface area contributed by atoms with E-state index in [-0.39, 0.29) is 0 Å². The van der Waals surface area contributed by atoms with Gasteiger partial charge in [0.2, 0.25) is 0 Å². The lowest BCUT2D eigenvalue weighted by molar-refractivity contribution is 0.340. The molecule has 108 valence electrons. The molecule has 0 amide bonds. The number of hydrogen-bond acceptors (Lipinski definition) is 3. The standard InChI is InChI=1S/C16H23N3O/c1-4-20-14-7-5-13(6-8-14)15-11-18-16(19-15)9-10-17-12(2)3/h5-8,11-12,17H,4,9-10H2,1-3H3,(H,18,19). The molecule has 0 bridgehead atoms. The van der Waals surface area contributed by atoms with Crippen LogP contribution in [0.2, 0.25) is 0 Å². The molecule has 0 radical (unpaired) electrons. The summed E-state index contributed by atoms with van der Waals surface area (Å²) >= 11 is 0. The van der Waals surface area contributed by atoms with Gasteiger partial charge in [-0.3, -0.25) is 0 Å². The van der Waals surface area contributed by atoms with Gasteiger partial charge in [0.25, 0.3) is 0 Å². The lowest BCUT2D eigenvalue weighted by Crippen LogP contribution is -2.25. The van der Waals surface area contributed by atoms with Gasteiger partial charge in [0.1, 0.15) is 11.6 Å². The van der Waals surface area contributed by atoms with Gasteiger partial charge in [-0.1, -0.05) is 13.8 Å². The largest absolute Gasteiger partial charge is 0.494 e. The number of aromatic nitrogens is 2. The van der Waals surface area contributed by atoms with Crippen LogP contribution in [0.25, 0.3) is 11.3 Å². The SMILES string of the molecule is CCOc1ccc(-c2cnc(CCNC(C)C)[nH]2)cc1. The second-order valence-electron chi connectivity index (χ2n) is 5.06. The molecule has 0 spiro atoms. The Morgan fingerprint density at radius 1 is 1.25 bits per heavy atom. The minimum atomic E-state index is 0.510. The Balaban J connectivity index is 1.97. The molecule has 4 nitrogen and oxygen atoms in total. The third kappa shape index (κ3) is 4.10. The van der Waals surface area contributed by atoms with E-state index < -0.39 is 0 Å². The molecule has 0 aliphatic carbocycles. The van der Waals surface area contributed by atoms with Crippen LogP contribution in [0.15, 0.2) is 30.5 Å². The summed E-state index contributed by atoms with van der Waals surface area (Å²) in [5.74, 6) is 1.92. The van der Waals surface area contributed by atoms with Crippen LogP contribution >= 0.6 is 0 Å². The van der Waals surface area contributed by atoms with Crippen molar-refractivity contribution in [3.05, 3.63) is 36.3 Å². The number of benzene rings is 1. The Morgan fingerprint density at radius 3 is 2.65 bits per heavy atom. The first kappa shape index (κ1) is 14.6. The number of rotatable bonds is 7. The van der Waals surface area contributed by atoms with Crippen molar-refractivity contribution in [1.82, 2.24) is 15.3 Å². The van der Waals surface area contributed by atoms with Gasteiger partial charge in [-0.05, 0) is 36.8 Å². The van der Waals surface area contributed by atoms with E-state index in [1.807, 2.05) is 25.3 Å². The summed E-state index contributed by atoms with van der Waals surface area (Å²) < 4.78 is 5.44. The lowest BCUT2D eigenvalue weighted by Gasteiger charge is -2.06. The highest BCUT2D eigenvalue weighted by atomic mass is 16.5. The van der Waals surface area contributed by atoms with Gasteiger partial charge in [-0.15, -0.1) is 0 Å². The van der Waals surface area contributed by atoms with E-state index in [4.69, 9.17) is 4.74 Å². The Bertz CT molecular complexity index is 517. The Labute approximate surface area is 120 Å². The van der Waals surface area contributed by atoms with Gasteiger partial charge in [-0.2, -0.15) is 0 Å². The van der Waals surface area contributed by atoms with Crippen LogP contribution in [0, 0.1) is 0 Å². The van der Waals surface area contributed by atoms with Crippen LogP contribution in [0.5, 0.6) is 5.75 Å². The highest BCUT2D eigenvalue weighted by Crippen LogP contribution is 2.20. The Morgan fingerprint density at radius 2 is 2.00 bits per heavy atom. The van der Waals surface area contributed by atoms with Crippen LogP contribution in [0.1, 0.15) is 26.6 Å². The van der Waals surface area contributed by atoms with Crippen LogP contribution in [0.3, 0.4) is 0 Å². The summed E-state index contributed by atoms with van der Waals surface area (Å²) in [5.41, 5.74) is 2.18. The van der Waals surface area contributed by atoms with Gasteiger partial charge in [0.15, 0.2) is 0 Å². The summed E-state index contributed by atoms with van der Waals surface area (Å²) in [7, 11) is 0. The molecule has 0 aliphatic rings. The summed E-state index contributed by atoms with van der Waals surface area (Å²) in [6.07, 6.45) is 2.80. The molecule has 0 unspecified atom stereocenters. The van der Waals surface area contributed by atoms with E-state index in [2.05, 4.69) is 41.3 Å². The third-order valence-corrected chi connectivity index (χ3v) is 3.02. The smallest absolute Gasteiger partial charge is 0.119 e. The van der Waals surface area contributed by atoms with Crippen molar-refractivity contribution in [3.63, 3.8) is 0 Å². The fourth-order valence-electron chi connectivity index (χ4n) is 2.01. The zero-order chi connectivity index (χ0) is 14.4. The fraction of sp³-hybridized carbons (Fsp3) is 0.438. The van der Waals surface area contributed by atoms with Gasteiger partial charge in [-0.25, -0.2) is 4.98 Å². The molecule has 4 heteroatoms. The number of nitrogens with zero attached hydrogens (tertiary/aromatic N) is 1. The Hall–Kier alpha value is -1.81. The van der Waals surface area contributed by atoms with Gasteiger partial charge >= 0.3 is 0 Å². The molecule has 1 heterocycles. The average Bonchev–Trinajstić information content (AvgIpc) is 2.88. The van der Waals surface area contributed by atoms with Gasteiger partial charge in [0.05, 0.1) is 18.5 Å². The number of imidazole rings is 1. The molecule has 0 saturated carbocycles. The van der Waals surface area contributed by atoms with Crippen molar-refractivity contribution >= 4 is 0 Å². The molecular formula is C16H23N3O. The summed E-state index contributed by atoms with van der Waals surface area (Å²) in [4.78, 5) is 7.78. The van der Waals surface area contributed by atoms with Crippen molar-refractivity contribution in [2.75, 3.05) is 13.2 Å². The molecule has 20 heavy (non-hydrogen) atoms. The number of hydrogen-bond donors (Lipinski definition) is 2. The minimum Gasteiger partial charge on any atom is -0.494 e. The van der Waals surface area contributed by atoms with E-state index in [0.717, 1.165) is 35.8 Å². The predicted octanol–water partition coefficient (Wildman–Crippen LogP) is 3.02. The van der Waals surface area contributed by atoms with Crippen LogP contribution in [-0.2, 0) is 6.42 Å². The maximum absolute atomic E-state index is 5.44. The maximum Gasteiger partial charge on any atom is 0.119 e. The van der Waals surface area contributed by atoms with E-state index in [1.165, 1.54) is 0 Å². The fourth-order valence-corrected chi connectivity index (χ4v) is 2.01. The molecule has 0 saturated heterocycles. The first-order chi connectivity index (χ1) is 9.69. The molecule has 2 N–H and O–H groups in total. The highest BCUT2D eigenvalue weighted by molar-refractivity contribution is 5.59. The molecule has 0 atom stereocenters. The second-order valence-corrected chi connectivity index (χ2v) is 5.06. The lowest BCUT2D eigenvalue weighted by atomic mass is 10.2. The molecule has 2 aromatic rings. The van der Waals surface area contributed by atoms with E-state index in [9.17, 15) is 0 Å². The zero-order valence-corrected chi connectivity index (χ0v) is 12.4. The van der Waals surface area contributed by atoms with Crippen molar-refractivity contribution in [2.45, 2.75) is 33.2 Å². The molecule has 1 aromatic heterocycles. The van der Waals surface area contributed by atoms with Crippen LogP contribution in [0.4, 0.5) is 0 Å². The van der Waals surface area contributed by atoms with E-state index in [0.29, 0.717) is 12.6 Å². The third-order valence-electron chi connectivity index (χ3n) is 3.02. The molecule has 1 aromatic carbocycles. The Kier molecular flexibility index (Phi) is 5.18. The van der Waals surface area contributed by atoms with Gasteiger partial charge in [0, 0.05) is 19.0 Å². The van der Waals surface area contributed by atoms with E-state index in [1.54, 1.807) is 0 Å². The number of nitrogens with one attached hydrogen (secondary N) is 2. The van der Waals surface area contributed by atoms with E-state index >= 15 is 0 Å². The van der Waals surface area contributed by atoms with Crippen LogP contribution < -0.4 is 10.1 Å². The van der Waals surface area contributed by atoms with Crippen molar-refractivity contribution in [1.29, 1.82) is 0 Å². The first-order valence-corrected chi connectivity index (χ1v) is 7.19. The zero-order valence-electron chi connectivity index (χ0n) is 12.4. The minimum absolute atomic E-state index is 0.510. The maximum atomic E-state index is 5.44. The second kappa shape index (κ2) is 7.10. The molecular weight excluding hydrogens is 250 g/mol.